The maximum atomic E-state index is 12.7. The number of anilines is 1. The van der Waals surface area contributed by atoms with E-state index in [0.29, 0.717) is 13.0 Å². The van der Waals surface area contributed by atoms with Crippen LogP contribution in [-0.4, -0.2) is 140 Å². The molecule has 0 spiro atoms. The Hall–Kier alpha value is -2.52. The van der Waals surface area contributed by atoms with E-state index in [9.17, 15) is 63.0 Å². The third kappa shape index (κ3) is 15.5. The summed E-state index contributed by atoms with van der Waals surface area (Å²) in [6.45, 7) is 0.668. The first-order chi connectivity index (χ1) is 26.4. The maximum absolute atomic E-state index is 12.7. The molecule has 324 valence electrons. The molecule has 2 aromatic rings. The Morgan fingerprint density at radius 2 is 1.70 bits per heavy atom. The number of nitrogen functional groups attached to an aromatic ring is 1. The molecule has 57 heavy (non-hydrogen) atoms. The standard InChI is InChI=1S/C27H47N8O18P3S/c1-27(2,22(40)25(41)31-8-6-17(37)30-9-10-57-18(38)4-3-15(36)5-7-28)12-50-56(47,48)53-55(45,46)49-11-16-21(52-54(42,43)44)20(39)26(51-16)35-14-34-19-23(29)32-13-33-24(19)35/h13-16,20-22,26,36,39-40H,3-12,28H2,1-2H3,(H,30,37)(H,31,41)(H,45,46)(H,47,48)(H2,29,32,33)(H2,42,43,44)/t15?,16-,20-,21-,22+,26-/m1/s1. The van der Waals surface area contributed by atoms with Crippen LogP contribution in [0.4, 0.5) is 5.82 Å². The number of ether oxygens (including phenoxy) is 1. The lowest BCUT2D eigenvalue weighted by molar-refractivity contribution is -0.137. The summed E-state index contributed by atoms with van der Waals surface area (Å²) in [6, 6.07) is 0. The van der Waals surface area contributed by atoms with Crippen LogP contribution in [0.2, 0.25) is 0 Å². The van der Waals surface area contributed by atoms with E-state index in [4.69, 9.17) is 25.3 Å². The molecule has 2 amide bonds. The smallest absolute Gasteiger partial charge is 0.393 e. The third-order valence-corrected chi connectivity index (χ3v) is 12.0. The summed E-state index contributed by atoms with van der Waals surface area (Å²) < 4.78 is 62.0. The van der Waals surface area contributed by atoms with E-state index in [-0.39, 0.29) is 60.2 Å². The number of aliphatic hydroxyl groups is 3. The normalized spacial score (nSPS) is 22.1. The van der Waals surface area contributed by atoms with Gasteiger partial charge in [-0.15, -0.1) is 0 Å². The molecule has 0 aromatic carbocycles. The van der Waals surface area contributed by atoms with E-state index < -0.39 is 90.7 Å². The first-order valence-electron chi connectivity index (χ1n) is 16.9. The number of carbonyl (C=O) groups excluding carboxylic acids is 3. The molecule has 3 unspecified atom stereocenters. The predicted molar refractivity (Wildman–Crippen MR) is 196 cm³/mol. The molecule has 30 heteroatoms. The second-order valence-corrected chi connectivity index (χ2v) is 18.4. The van der Waals surface area contributed by atoms with Crippen LogP contribution in [0, 0.1) is 5.41 Å². The van der Waals surface area contributed by atoms with Gasteiger partial charge in [0.05, 0.1) is 25.6 Å². The van der Waals surface area contributed by atoms with Crippen molar-refractivity contribution in [3.63, 3.8) is 0 Å². The van der Waals surface area contributed by atoms with E-state index in [0.717, 1.165) is 29.0 Å². The van der Waals surface area contributed by atoms with Gasteiger partial charge in [-0.1, -0.05) is 25.6 Å². The number of hydrogen-bond donors (Lipinski definition) is 11. The van der Waals surface area contributed by atoms with Crippen molar-refractivity contribution < 1.29 is 85.6 Å². The second kappa shape index (κ2) is 21.1. The van der Waals surface area contributed by atoms with Crippen LogP contribution in [-0.2, 0) is 50.7 Å². The summed E-state index contributed by atoms with van der Waals surface area (Å²) in [7, 11) is -16.4. The lowest BCUT2D eigenvalue weighted by Gasteiger charge is -2.30. The first kappa shape index (κ1) is 48.8. The summed E-state index contributed by atoms with van der Waals surface area (Å²) in [4.78, 5) is 87.4. The number of nitrogens with one attached hydrogen (secondary N) is 2. The van der Waals surface area contributed by atoms with Crippen LogP contribution in [0.25, 0.3) is 11.2 Å². The predicted octanol–water partition coefficient (Wildman–Crippen LogP) is -1.85. The number of rotatable bonds is 24. The number of phosphoric ester groups is 3. The Labute approximate surface area is 328 Å². The zero-order valence-electron chi connectivity index (χ0n) is 30.5. The van der Waals surface area contributed by atoms with Gasteiger partial charge in [-0.3, -0.25) is 32.5 Å². The molecule has 2 aromatic heterocycles. The van der Waals surface area contributed by atoms with Gasteiger partial charge < -0.3 is 61.7 Å². The molecule has 1 fully saturated rings. The Balaban J connectivity index is 1.46. The highest BCUT2D eigenvalue weighted by molar-refractivity contribution is 8.13. The summed E-state index contributed by atoms with van der Waals surface area (Å²) in [5, 5.41) is 35.8. The minimum absolute atomic E-state index is 0.0248. The maximum Gasteiger partial charge on any atom is 0.481 e. The van der Waals surface area contributed by atoms with Crippen LogP contribution in [0.3, 0.4) is 0 Å². The van der Waals surface area contributed by atoms with Crippen LogP contribution < -0.4 is 22.1 Å². The van der Waals surface area contributed by atoms with Crippen molar-refractivity contribution in [2.75, 3.05) is 44.3 Å². The lowest BCUT2D eigenvalue weighted by atomic mass is 9.87. The summed E-state index contributed by atoms with van der Waals surface area (Å²) in [5.41, 5.74) is 9.58. The summed E-state index contributed by atoms with van der Waals surface area (Å²) in [5.74, 6) is -1.24. The first-order valence-corrected chi connectivity index (χ1v) is 22.4. The average molecular weight is 897 g/mol. The van der Waals surface area contributed by atoms with E-state index in [1.807, 2.05) is 0 Å². The van der Waals surface area contributed by atoms with E-state index in [1.165, 1.54) is 13.8 Å². The molecule has 1 aliphatic heterocycles. The lowest BCUT2D eigenvalue weighted by Crippen LogP contribution is -2.46. The summed E-state index contributed by atoms with van der Waals surface area (Å²) >= 11 is 0.988. The van der Waals surface area contributed by atoms with Gasteiger partial charge in [-0.05, 0) is 19.4 Å². The van der Waals surface area contributed by atoms with Crippen LogP contribution in [0.1, 0.15) is 45.8 Å². The van der Waals surface area contributed by atoms with Gasteiger partial charge >= 0.3 is 23.5 Å². The van der Waals surface area contributed by atoms with Crippen molar-refractivity contribution in [1.29, 1.82) is 0 Å². The fraction of sp³-hybridized carbons (Fsp3) is 0.704. The molecule has 0 bridgehead atoms. The SMILES string of the molecule is CC(C)(COP(=O)(O)OP(=O)(O)OC[C@H]1O[C@@H](n2cnc3c(N)ncnc32)[C@H](O)[C@@H]1OP(=O)(O)O)[C@@H](O)C(=O)NCCC(=O)NCCSC(=O)CCC(O)CCN. The van der Waals surface area contributed by atoms with Crippen molar-refractivity contribution in [2.45, 2.75) is 76.3 Å². The van der Waals surface area contributed by atoms with Crippen molar-refractivity contribution in [3.8, 4) is 0 Å². The van der Waals surface area contributed by atoms with Crippen LogP contribution in [0.5, 0.6) is 0 Å². The number of aliphatic hydroxyl groups excluding tert-OH is 3. The van der Waals surface area contributed by atoms with E-state index >= 15 is 0 Å². The van der Waals surface area contributed by atoms with Gasteiger partial charge in [0.2, 0.25) is 11.8 Å². The Morgan fingerprint density at radius 1 is 1.02 bits per heavy atom. The van der Waals surface area contributed by atoms with Gasteiger partial charge in [-0.2, -0.15) is 4.31 Å². The molecule has 26 nitrogen and oxygen atoms in total. The Bertz CT molecular complexity index is 1840. The highest BCUT2D eigenvalue weighted by atomic mass is 32.2. The molecule has 8 atom stereocenters. The van der Waals surface area contributed by atoms with Crippen molar-refractivity contribution in [3.05, 3.63) is 12.7 Å². The largest absolute Gasteiger partial charge is 0.481 e. The number of imidazole rings is 1. The van der Waals surface area contributed by atoms with E-state index in [1.54, 1.807) is 0 Å². The number of carbonyl (C=O) groups is 3. The highest BCUT2D eigenvalue weighted by Gasteiger charge is 2.50. The molecule has 3 heterocycles. The number of thioether (sulfide) groups is 1. The van der Waals surface area contributed by atoms with Crippen LogP contribution >= 0.6 is 35.2 Å². The number of amides is 2. The highest BCUT2D eigenvalue weighted by Crippen LogP contribution is 2.61. The van der Waals surface area contributed by atoms with Gasteiger partial charge in [0.15, 0.2) is 22.8 Å². The number of nitrogens with zero attached hydrogens (tertiary/aromatic N) is 4. The van der Waals surface area contributed by atoms with Crippen molar-refractivity contribution in [1.82, 2.24) is 30.2 Å². The summed E-state index contributed by atoms with van der Waals surface area (Å²) in [6.07, 6.45) is -6.83. The van der Waals surface area contributed by atoms with Gasteiger partial charge in [0.1, 0.15) is 36.3 Å². The minimum Gasteiger partial charge on any atom is -0.393 e. The fourth-order valence-electron chi connectivity index (χ4n) is 4.99. The zero-order valence-corrected chi connectivity index (χ0v) is 34.0. The van der Waals surface area contributed by atoms with Crippen molar-refractivity contribution >= 4 is 69.1 Å². The second-order valence-electron chi connectivity index (χ2n) is 13.1. The molecule has 0 aliphatic carbocycles. The van der Waals surface area contributed by atoms with Crippen molar-refractivity contribution in [2.24, 2.45) is 11.1 Å². The number of nitrogens with two attached hydrogens (primary N) is 2. The fourth-order valence-corrected chi connectivity index (χ4v) is 8.51. The zero-order chi connectivity index (χ0) is 42.8. The molecule has 0 radical (unpaired) electrons. The molecular weight excluding hydrogens is 849 g/mol. The Kier molecular flexibility index (Phi) is 18.1. The molecule has 1 saturated heterocycles. The quantitative estimate of drug-likeness (QED) is 0.0407. The molecular formula is C27H47N8O18P3S. The molecule has 1 aliphatic rings. The third-order valence-electron chi connectivity index (χ3n) is 7.95. The number of aromatic nitrogens is 4. The minimum atomic E-state index is -5.58. The number of phosphoric acid groups is 3. The average Bonchev–Trinajstić information content (AvgIpc) is 3.67. The monoisotopic (exact) mass is 896 g/mol. The topological polar surface area (TPSA) is 410 Å². The molecule has 13 N–H and O–H groups in total. The molecule has 0 saturated carbocycles. The number of hydrogen-bond acceptors (Lipinski definition) is 20. The number of fused-ring (bicyclic) bond motifs is 1. The Morgan fingerprint density at radius 3 is 2.37 bits per heavy atom. The van der Waals surface area contributed by atoms with Gasteiger partial charge in [0, 0.05) is 37.1 Å². The molecule has 3 rings (SSSR count). The van der Waals surface area contributed by atoms with E-state index in [2.05, 4.69) is 34.4 Å². The van der Waals surface area contributed by atoms with Crippen LogP contribution in [0.15, 0.2) is 12.7 Å². The van der Waals surface area contributed by atoms with Gasteiger partial charge in [0.25, 0.3) is 0 Å². The van der Waals surface area contributed by atoms with Gasteiger partial charge in [-0.25, -0.2) is 28.6 Å².